The first-order chi connectivity index (χ1) is 17.1. The van der Waals surface area contributed by atoms with Crippen LogP contribution in [0, 0.1) is 0 Å². The van der Waals surface area contributed by atoms with E-state index in [9.17, 15) is 9.59 Å². The van der Waals surface area contributed by atoms with E-state index in [-0.39, 0.29) is 12.5 Å². The molecule has 0 aliphatic carbocycles. The summed E-state index contributed by atoms with van der Waals surface area (Å²) in [6.07, 6.45) is 4.84. The highest BCUT2D eigenvalue weighted by Gasteiger charge is 2.09. The van der Waals surface area contributed by atoms with Crippen molar-refractivity contribution in [2.24, 2.45) is 5.10 Å². The Morgan fingerprint density at radius 2 is 1.46 bits per heavy atom. The number of esters is 1. The van der Waals surface area contributed by atoms with Crippen LogP contribution in [0.1, 0.15) is 48.2 Å². The van der Waals surface area contributed by atoms with Crippen LogP contribution < -0.4 is 19.6 Å². The van der Waals surface area contributed by atoms with Crippen LogP contribution in [0.4, 0.5) is 0 Å². The molecule has 182 valence electrons. The van der Waals surface area contributed by atoms with Gasteiger partial charge in [-0.3, -0.25) is 4.79 Å². The average molecular weight is 475 g/mol. The van der Waals surface area contributed by atoms with Crippen molar-refractivity contribution in [3.05, 3.63) is 89.5 Å². The van der Waals surface area contributed by atoms with E-state index in [2.05, 4.69) is 17.5 Å². The fourth-order valence-corrected chi connectivity index (χ4v) is 3.14. The van der Waals surface area contributed by atoms with Crippen molar-refractivity contribution in [3.8, 4) is 17.2 Å². The van der Waals surface area contributed by atoms with E-state index < -0.39 is 5.97 Å². The molecule has 0 saturated heterocycles. The van der Waals surface area contributed by atoms with E-state index in [1.54, 1.807) is 48.5 Å². The molecule has 35 heavy (non-hydrogen) atoms. The molecular formula is C28H30N2O5. The van der Waals surface area contributed by atoms with Gasteiger partial charge in [0.25, 0.3) is 5.91 Å². The largest absolute Gasteiger partial charge is 0.494 e. The van der Waals surface area contributed by atoms with Crippen molar-refractivity contribution < 1.29 is 23.8 Å². The molecule has 1 amide bonds. The maximum atomic E-state index is 12.3. The summed E-state index contributed by atoms with van der Waals surface area (Å²) in [7, 11) is 0. The van der Waals surface area contributed by atoms with Crippen LogP contribution in [-0.2, 0) is 11.2 Å². The third-order valence-electron chi connectivity index (χ3n) is 5.01. The molecule has 3 rings (SSSR count). The Morgan fingerprint density at radius 1 is 0.829 bits per heavy atom. The third kappa shape index (κ3) is 8.62. The normalized spacial score (nSPS) is 10.7. The van der Waals surface area contributed by atoms with Crippen LogP contribution in [0.25, 0.3) is 0 Å². The summed E-state index contributed by atoms with van der Waals surface area (Å²) >= 11 is 0. The van der Waals surface area contributed by atoms with Crippen molar-refractivity contribution in [1.29, 1.82) is 0 Å². The fourth-order valence-electron chi connectivity index (χ4n) is 3.14. The SMILES string of the molecule is CCCCc1ccc(OCC(=O)N/N=C/c2ccc(OC(=O)c3ccc(OCC)cc3)cc2)cc1. The second-order valence-electron chi connectivity index (χ2n) is 7.75. The molecule has 0 aliphatic heterocycles. The Labute approximate surface area is 205 Å². The minimum Gasteiger partial charge on any atom is -0.494 e. The Balaban J connectivity index is 1.41. The van der Waals surface area contributed by atoms with Gasteiger partial charge in [0.2, 0.25) is 0 Å². The zero-order chi connectivity index (χ0) is 24.9. The molecular weight excluding hydrogens is 444 g/mol. The number of nitrogens with zero attached hydrogens (tertiary/aromatic N) is 1. The summed E-state index contributed by atoms with van der Waals surface area (Å²) in [5.41, 5.74) is 4.85. The number of hydrogen-bond acceptors (Lipinski definition) is 6. The predicted octanol–water partition coefficient (Wildman–Crippen LogP) is 5.18. The summed E-state index contributed by atoms with van der Waals surface area (Å²) in [4.78, 5) is 24.3. The van der Waals surface area contributed by atoms with E-state index >= 15 is 0 Å². The van der Waals surface area contributed by atoms with Gasteiger partial charge in [0, 0.05) is 0 Å². The molecule has 0 unspecified atom stereocenters. The first-order valence-electron chi connectivity index (χ1n) is 11.7. The number of amides is 1. The number of unbranched alkanes of at least 4 members (excludes halogenated alkanes) is 1. The molecule has 0 fully saturated rings. The minimum absolute atomic E-state index is 0.133. The summed E-state index contributed by atoms with van der Waals surface area (Å²) in [5, 5.41) is 3.94. The monoisotopic (exact) mass is 474 g/mol. The third-order valence-corrected chi connectivity index (χ3v) is 5.01. The highest BCUT2D eigenvalue weighted by molar-refractivity contribution is 5.91. The van der Waals surface area contributed by atoms with E-state index in [1.807, 2.05) is 31.2 Å². The number of rotatable bonds is 12. The number of carbonyl (C=O) groups is 2. The first kappa shape index (κ1) is 25.5. The van der Waals surface area contributed by atoms with Crippen LogP contribution in [0.15, 0.2) is 77.9 Å². The number of ether oxygens (including phenoxy) is 3. The maximum absolute atomic E-state index is 12.3. The Bertz CT molecular complexity index is 1110. The fraction of sp³-hybridized carbons (Fsp3) is 0.250. The number of carbonyl (C=O) groups excluding carboxylic acids is 2. The standard InChI is InChI=1S/C28H30N2O5/c1-3-5-6-21-7-13-25(14-8-21)34-20-27(31)30-29-19-22-9-15-26(16-10-22)35-28(32)23-11-17-24(18-12-23)33-4-2/h7-19H,3-6,20H2,1-2H3,(H,30,31)/b29-19+. The van der Waals surface area contributed by atoms with E-state index in [4.69, 9.17) is 14.2 Å². The zero-order valence-electron chi connectivity index (χ0n) is 20.0. The van der Waals surface area contributed by atoms with Crippen molar-refractivity contribution in [1.82, 2.24) is 5.43 Å². The molecule has 0 atom stereocenters. The van der Waals surface area contributed by atoms with Crippen LogP contribution in [0.3, 0.4) is 0 Å². The highest BCUT2D eigenvalue weighted by Crippen LogP contribution is 2.17. The van der Waals surface area contributed by atoms with Crippen LogP contribution >= 0.6 is 0 Å². The number of benzene rings is 3. The Hall–Kier alpha value is -4.13. The van der Waals surface area contributed by atoms with E-state index in [0.717, 1.165) is 24.8 Å². The lowest BCUT2D eigenvalue weighted by molar-refractivity contribution is -0.123. The predicted molar refractivity (Wildman–Crippen MR) is 135 cm³/mol. The number of nitrogens with one attached hydrogen (secondary N) is 1. The smallest absolute Gasteiger partial charge is 0.343 e. The Kier molecular flexibility index (Phi) is 9.87. The Morgan fingerprint density at radius 3 is 2.11 bits per heavy atom. The van der Waals surface area contributed by atoms with E-state index in [1.165, 1.54) is 11.8 Å². The van der Waals surface area contributed by atoms with Crippen molar-refractivity contribution in [2.45, 2.75) is 33.1 Å². The molecule has 0 heterocycles. The van der Waals surface area contributed by atoms with Gasteiger partial charge in [-0.2, -0.15) is 5.10 Å². The molecule has 0 aromatic heterocycles. The first-order valence-corrected chi connectivity index (χ1v) is 11.7. The summed E-state index contributed by atoms with van der Waals surface area (Å²) in [6, 6.07) is 21.3. The van der Waals surface area contributed by atoms with Gasteiger partial charge >= 0.3 is 5.97 Å². The van der Waals surface area contributed by atoms with Crippen molar-refractivity contribution >= 4 is 18.1 Å². The number of hydrazone groups is 1. The van der Waals surface area contributed by atoms with Crippen LogP contribution in [-0.4, -0.2) is 31.3 Å². The molecule has 7 heteroatoms. The van der Waals surface area contributed by atoms with Gasteiger partial charge in [-0.15, -0.1) is 0 Å². The molecule has 3 aromatic carbocycles. The topological polar surface area (TPSA) is 86.2 Å². The summed E-state index contributed by atoms with van der Waals surface area (Å²) < 4.78 is 16.3. The van der Waals surface area contributed by atoms with Gasteiger partial charge in [-0.05, 0) is 91.6 Å². The molecule has 0 aliphatic rings. The quantitative estimate of drug-likeness (QED) is 0.169. The molecule has 3 aromatic rings. The summed E-state index contributed by atoms with van der Waals surface area (Å²) in [5.74, 6) is 0.913. The molecule has 1 N–H and O–H groups in total. The second kappa shape index (κ2) is 13.5. The molecule has 7 nitrogen and oxygen atoms in total. The summed E-state index contributed by atoms with van der Waals surface area (Å²) in [6.45, 7) is 4.49. The molecule has 0 radical (unpaired) electrons. The highest BCUT2D eigenvalue weighted by atomic mass is 16.5. The second-order valence-corrected chi connectivity index (χ2v) is 7.75. The minimum atomic E-state index is -0.461. The van der Waals surface area contributed by atoms with Gasteiger partial charge in [0.05, 0.1) is 18.4 Å². The van der Waals surface area contributed by atoms with Crippen LogP contribution in [0.5, 0.6) is 17.2 Å². The van der Waals surface area contributed by atoms with Gasteiger partial charge in [0.15, 0.2) is 6.61 Å². The number of hydrogen-bond donors (Lipinski definition) is 1. The van der Waals surface area contributed by atoms with Gasteiger partial charge in [-0.25, -0.2) is 10.2 Å². The maximum Gasteiger partial charge on any atom is 0.343 e. The average Bonchev–Trinajstić information content (AvgIpc) is 2.88. The lowest BCUT2D eigenvalue weighted by Crippen LogP contribution is -2.24. The van der Waals surface area contributed by atoms with Crippen molar-refractivity contribution in [3.63, 3.8) is 0 Å². The van der Waals surface area contributed by atoms with Gasteiger partial charge in [-0.1, -0.05) is 25.5 Å². The lowest BCUT2D eigenvalue weighted by Gasteiger charge is -2.07. The van der Waals surface area contributed by atoms with Crippen LogP contribution in [0.2, 0.25) is 0 Å². The number of aryl methyl sites for hydroxylation is 1. The molecule has 0 spiro atoms. The van der Waals surface area contributed by atoms with Crippen molar-refractivity contribution in [2.75, 3.05) is 13.2 Å². The van der Waals surface area contributed by atoms with Gasteiger partial charge < -0.3 is 14.2 Å². The van der Waals surface area contributed by atoms with E-state index in [0.29, 0.717) is 29.4 Å². The zero-order valence-corrected chi connectivity index (χ0v) is 20.0. The molecule has 0 bridgehead atoms. The van der Waals surface area contributed by atoms with Gasteiger partial charge in [0.1, 0.15) is 17.2 Å². The molecule has 0 saturated carbocycles. The lowest BCUT2D eigenvalue weighted by atomic mass is 10.1.